The highest BCUT2D eigenvalue weighted by Gasteiger charge is 2.16. The van der Waals surface area contributed by atoms with Gasteiger partial charge in [-0.2, -0.15) is 0 Å². The smallest absolute Gasteiger partial charge is 0.341 e. The van der Waals surface area contributed by atoms with E-state index in [1.165, 1.54) is 14.2 Å². The number of ether oxygens (including phenoxy) is 4. The SMILES string of the molecule is C/C=C(\Oc1ccc(OC)cc1C(=O)OC)c1ccc(OC)cc1. The van der Waals surface area contributed by atoms with E-state index in [2.05, 4.69) is 0 Å². The Kier molecular flexibility index (Phi) is 5.84. The first kappa shape index (κ1) is 17.4. The number of methoxy groups -OCH3 is 3. The molecule has 5 nitrogen and oxygen atoms in total. The molecule has 0 aliphatic heterocycles. The number of hydrogen-bond acceptors (Lipinski definition) is 5. The number of carbonyl (C=O) groups is 1. The quantitative estimate of drug-likeness (QED) is 0.594. The number of esters is 1. The minimum Gasteiger partial charge on any atom is -0.497 e. The Labute approximate surface area is 141 Å². The van der Waals surface area contributed by atoms with Crippen molar-refractivity contribution in [2.75, 3.05) is 21.3 Å². The Bertz CT molecular complexity index is 732. The number of allylic oxidation sites excluding steroid dienone is 1. The fourth-order valence-corrected chi connectivity index (χ4v) is 2.15. The second-order valence-corrected chi connectivity index (χ2v) is 4.84. The van der Waals surface area contributed by atoms with E-state index >= 15 is 0 Å². The summed E-state index contributed by atoms with van der Waals surface area (Å²) in [5.41, 5.74) is 1.16. The predicted molar refractivity (Wildman–Crippen MR) is 91.6 cm³/mol. The Balaban J connectivity index is 2.35. The monoisotopic (exact) mass is 328 g/mol. The zero-order chi connectivity index (χ0) is 17.5. The van der Waals surface area contributed by atoms with Crippen molar-refractivity contribution in [1.82, 2.24) is 0 Å². The molecule has 2 aromatic carbocycles. The fourth-order valence-electron chi connectivity index (χ4n) is 2.15. The van der Waals surface area contributed by atoms with Gasteiger partial charge in [-0.05, 0) is 55.5 Å². The molecule has 0 aliphatic rings. The molecule has 5 heteroatoms. The van der Waals surface area contributed by atoms with Crippen LogP contribution < -0.4 is 14.2 Å². The highest BCUT2D eigenvalue weighted by atomic mass is 16.5. The maximum Gasteiger partial charge on any atom is 0.341 e. The molecule has 0 aromatic heterocycles. The molecule has 0 atom stereocenters. The minimum atomic E-state index is -0.492. The van der Waals surface area contributed by atoms with E-state index in [1.54, 1.807) is 25.3 Å². The van der Waals surface area contributed by atoms with E-state index in [0.717, 1.165) is 11.3 Å². The van der Waals surface area contributed by atoms with Gasteiger partial charge in [0.1, 0.15) is 28.6 Å². The molecule has 0 unspecified atom stereocenters. The largest absolute Gasteiger partial charge is 0.497 e. The summed E-state index contributed by atoms with van der Waals surface area (Å²) >= 11 is 0. The molecule has 0 saturated carbocycles. The van der Waals surface area contributed by atoms with Crippen molar-refractivity contribution < 1.29 is 23.7 Å². The van der Waals surface area contributed by atoms with E-state index in [1.807, 2.05) is 37.3 Å². The summed E-state index contributed by atoms with van der Waals surface area (Å²) in [6.45, 7) is 1.86. The third-order valence-electron chi connectivity index (χ3n) is 3.45. The van der Waals surface area contributed by atoms with Crippen LogP contribution in [0.25, 0.3) is 5.76 Å². The van der Waals surface area contributed by atoms with Crippen LogP contribution >= 0.6 is 0 Å². The van der Waals surface area contributed by atoms with E-state index in [9.17, 15) is 4.79 Å². The van der Waals surface area contributed by atoms with Crippen molar-refractivity contribution >= 4 is 11.7 Å². The second-order valence-electron chi connectivity index (χ2n) is 4.84. The van der Waals surface area contributed by atoms with Crippen LogP contribution in [0.5, 0.6) is 17.2 Å². The summed E-state index contributed by atoms with van der Waals surface area (Å²) in [7, 11) is 4.47. The van der Waals surface area contributed by atoms with Crippen molar-refractivity contribution in [2.45, 2.75) is 6.92 Å². The van der Waals surface area contributed by atoms with Crippen LogP contribution in [-0.2, 0) is 4.74 Å². The van der Waals surface area contributed by atoms with E-state index in [-0.39, 0.29) is 0 Å². The van der Waals surface area contributed by atoms with E-state index in [0.29, 0.717) is 22.8 Å². The predicted octanol–water partition coefficient (Wildman–Crippen LogP) is 3.93. The molecule has 0 spiro atoms. The lowest BCUT2D eigenvalue weighted by Crippen LogP contribution is -2.06. The lowest BCUT2D eigenvalue weighted by molar-refractivity contribution is 0.0597. The molecule has 0 aliphatic carbocycles. The number of rotatable bonds is 6. The zero-order valence-corrected chi connectivity index (χ0v) is 14.2. The average Bonchev–Trinajstić information content (AvgIpc) is 2.65. The van der Waals surface area contributed by atoms with Crippen LogP contribution in [0.15, 0.2) is 48.5 Å². The van der Waals surface area contributed by atoms with Crippen molar-refractivity contribution in [2.24, 2.45) is 0 Å². The summed E-state index contributed by atoms with van der Waals surface area (Å²) in [6.07, 6.45) is 1.83. The van der Waals surface area contributed by atoms with Gasteiger partial charge in [0.25, 0.3) is 0 Å². The first-order valence-electron chi connectivity index (χ1n) is 7.37. The molecule has 0 radical (unpaired) electrons. The van der Waals surface area contributed by atoms with Gasteiger partial charge in [-0.25, -0.2) is 4.79 Å². The molecule has 0 saturated heterocycles. The van der Waals surface area contributed by atoms with Gasteiger partial charge in [0, 0.05) is 5.56 Å². The summed E-state index contributed by atoms with van der Waals surface area (Å²) in [5.74, 6) is 1.83. The van der Waals surface area contributed by atoms with Crippen molar-refractivity contribution in [3.63, 3.8) is 0 Å². The number of carbonyl (C=O) groups excluding carboxylic acids is 1. The van der Waals surface area contributed by atoms with Crippen molar-refractivity contribution in [1.29, 1.82) is 0 Å². The Hall–Kier alpha value is -2.95. The lowest BCUT2D eigenvalue weighted by atomic mass is 10.1. The molecule has 0 bridgehead atoms. The average molecular weight is 328 g/mol. The van der Waals surface area contributed by atoms with Gasteiger partial charge in [-0.15, -0.1) is 0 Å². The first-order chi connectivity index (χ1) is 11.6. The molecule has 0 fully saturated rings. The third-order valence-corrected chi connectivity index (χ3v) is 3.45. The summed E-state index contributed by atoms with van der Waals surface area (Å²) in [6, 6.07) is 12.4. The highest BCUT2D eigenvalue weighted by molar-refractivity contribution is 5.93. The van der Waals surface area contributed by atoms with Crippen LogP contribution in [0.1, 0.15) is 22.8 Å². The summed E-state index contributed by atoms with van der Waals surface area (Å²) < 4.78 is 21.1. The topological polar surface area (TPSA) is 54.0 Å². The Morgan fingerprint density at radius 3 is 2.08 bits per heavy atom. The highest BCUT2D eigenvalue weighted by Crippen LogP contribution is 2.29. The molecule has 0 heterocycles. The maximum atomic E-state index is 12.0. The molecule has 0 N–H and O–H groups in total. The standard InChI is InChI=1S/C19H20O5/c1-5-17(13-6-8-14(21-2)9-7-13)24-18-11-10-15(22-3)12-16(18)19(20)23-4/h5-12H,1-4H3/b17-5-. The number of hydrogen-bond donors (Lipinski definition) is 0. The first-order valence-corrected chi connectivity index (χ1v) is 7.37. The molecule has 0 amide bonds. The van der Waals surface area contributed by atoms with Crippen molar-refractivity contribution in [3.05, 3.63) is 59.7 Å². The molecule has 2 aromatic rings. The number of benzene rings is 2. The Morgan fingerprint density at radius 2 is 1.54 bits per heavy atom. The van der Waals surface area contributed by atoms with Crippen LogP contribution in [0.2, 0.25) is 0 Å². The minimum absolute atomic E-state index is 0.296. The van der Waals surface area contributed by atoms with Gasteiger partial charge in [-0.1, -0.05) is 0 Å². The normalized spacial score (nSPS) is 10.9. The fraction of sp³-hybridized carbons (Fsp3) is 0.211. The van der Waals surface area contributed by atoms with Gasteiger partial charge in [0.05, 0.1) is 21.3 Å². The molecular formula is C19H20O5. The Morgan fingerprint density at radius 1 is 0.917 bits per heavy atom. The third kappa shape index (κ3) is 3.87. The lowest BCUT2D eigenvalue weighted by Gasteiger charge is -2.14. The van der Waals surface area contributed by atoms with Crippen LogP contribution in [0.4, 0.5) is 0 Å². The second kappa shape index (κ2) is 8.06. The molecule has 2 rings (SSSR count). The van der Waals surface area contributed by atoms with Gasteiger partial charge >= 0.3 is 5.97 Å². The van der Waals surface area contributed by atoms with E-state index < -0.39 is 5.97 Å². The maximum absolute atomic E-state index is 12.0. The van der Waals surface area contributed by atoms with Crippen molar-refractivity contribution in [3.8, 4) is 17.2 Å². The van der Waals surface area contributed by atoms with Crippen LogP contribution in [0, 0.1) is 0 Å². The molecule has 126 valence electrons. The van der Waals surface area contributed by atoms with Gasteiger partial charge < -0.3 is 18.9 Å². The molecule has 24 heavy (non-hydrogen) atoms. The summed E-state index contributed by atoms with van der Waals surface area (Å²) in [5, 5.41) is 0. The van der Waals surface area contributed by atoms with Gasteiger partial charge in [0.15, 0.2) is 0 Å². The van der Waals surface area contributed by atoms with Gasteiger partial charge in [-0.3, -0.25) is 0 Å². The van der Waals surface area contributed by atoms with Crippen LogP contribution in [0.3, 0.4) is 0 Å². The zero-order valence-electron chi connectivity index (χ0n) is 14.2. The van der Waals surface area contributed by atoms with E-state index in [4.69, 9.17) is 18.9 Å². The van der Waals surface area contributed by atoms with Crippen LogP contribution in [-0.4, -0.2) is 27.3 Å². The van der Waals surface area contributed by atoms with Gasteiger partial charge in [0.2, 0.25) is 0 Å². The molecular weight excluding hydrogens is 308 g/mol. The summed E-state index contributed by atoms with van der Waals surface area (Å²) in [4.78, 5) is 12.0.